The van der Waals surface area contributed by atoms with Crippen molar-refractivity contribution in [3.63, 3.8) is 0 Å². The number of rotatable bonds is 1. The van der Waals surface area contributed by atoms with Crippen molar-refractivity contribution in [2.45, 2.75) is 31.1 Å². The highest BCUT2D eigenvalue weighted by Crippen LogP contribution is 2.50. The van der Waals surface area contributed by atoms with Crippen LogP contribution >= 0.6 is 11.3 Å². The molecule has 0 saturated heterocycles. The molecule has 6 nitrogen and oxygen atoms in total. The van der Waals surface area contributed by atoms with Gasteiger partial charge in [-0.3, -0.25) is 9.59 Å². The van der Waals surface area contributed by atoms with Crippen molar-refractivity contribution in [2.24, 2.45) is 11.6 Å². The third kappa shape index (κ3) is 2.16. The molecular weight excluding hydrogens is 326 g/mol. The van der Waals surface area contributed by atoms with Crippen LogP contribution in [0, 0.1) is 0 Å². The zero-order valence-electron chi connectivity index (χ0n) is 13.0. The Balaban J connectivity index is 0.000000815. The first kappa shape index (κ1) is 16.6. The number of carbonyl (C=O) groups excluding carboxylic acids is 2. The Hall–Kier alpha value is -2.22. The van der Waals surface area contributed by atoms with Gasteiger partial charge in [-0.2, -0.15) is 0 Å². The average Bonchev–Trinajstić information content (AvgIpc) is 3.12. The first-order valence-electron chi connectivity index (χ1n) is 7.64. The van der Waals surface area contributed by atoms with E-state index in [0.29, 0.717) is 21.9 Å². The van der Waals surface area contributed by atoms with Gasteiger partial charge in [-0.1, -0.05) is 24.3 Å². The van der Waals surface area contributed by atoms with Gasteiger partial charge >= 0.3 is 0 Å². The number of nitrogens with two attached hydrogens (primary N) is 3. The van der Waals surface area contributed by atoms with Crippen molar-refractivity contribution in [3.05, 3.63) is 51.4 Å². The van der Waals surface area contributed by atoms with Gasteiger partial charge in [-0.15, -0.1) is 11.3 Å². The van der Waals surface area contributed by atoms with E-state index >= 15 is 0 Å². The predicted octanol–water partition coefficient (Wildman–Crippen LogP) is 1.78. The first-order valence-corrected chi connectivity index (χ1v) is 8.46. The number of hydrogen-bond donors (Lipinski definition) is 4. The molecule has 2 aliphatic carbocycles. The number of anilines is 1. The number of hydrogen-bond acceptors (Lipinski definition) is 6. The molecular formula is C17H19N3O3S. The van der Waals surface area contributed by atoms with Gasteiger partial charge in [0, 0.05) is 0 Å². The molecule has 0 aliphatic heterocycles. The molecule has 1 spiro atoms. The predicted molar refractivity (Wildman–Crippen MR) is 92.3 cm³/mol. The fourth-order valence-corrected chi connectivity index (χ4v) is 5.19. The lowest BCUT2D eigenvalue weighted by atomic mass is 9.69. The first-order chi connectivity index (χ1) is 11.5. The van der Waals surface area contributed by atoms with Crippen LogP contribution in [0.2, 0.25) is 0 Å². The smallest absolute Gasteiger partial charge is 0.251 e. The number of nitrogen functional groups attached to an aromatic ring is 1. The van der Waals surface area contributed by atoms with E-state index in [2.05, 4.69) is 18.0 Å². The van der Waals surface area contributed by atoms with Crippen molar-refractivity contribution in [3.8, 4) is 0 Å². The molecule has 0 radical (unpaired) electrons. The van der Waals surface area contributed by atoms with E-state index in [4.69, 9.17) is 16.7 Å². The average molecular weight is 345 g/mol. The molecule has 7 heteroatoms. The standard InChI is InChI=1S/C17H16N2O2S.H3NO/c18-15(21)12-10-6-8-17(14(20)13(10)22-16(12)19)7-5-9-3-1-2-4-11(9)17;1-2/h1-4H,5-8,19H2,(H2,18,21);2H,1H2. The maximum absolute atomic E-state index is 13.2. The molecule has 1 atom stereocenters. The normalized spacial score (nSPS) is 21.0. The van der Waals surface area contributed by atoms with Gasteiger partial charge < -0.3 is 16.7 Å². The summed E-state index contributed by atoms with van der Waals surface area (Å²) in [5, 5.41) is 6.87. The number of ketones is 1. The van der Waals surface area contributed by atoms with Gasteiger partial charge in [-0.05, 0) is 42.4 Å². The third-order valence-corrected chi connectivity index (χ3v) is 6.14. The minimum Gasteiger partial charge on any atom is -0.390 e. The number of carbonyl (C=O) groups is 2. The number of thiophene rings is 1. The van der Waals surface area contributed by atoms with Crippen LogP contribution in [-0.4, -0.2) is 16.9 Å². The summed E-state index contributed by atoms with van der Waals surface area (Å²) in [4.78, 5) is 25.4. The molecule has 0 saturated carbocycles. The van der Waals surface area contributed by atoms with Crippen LogP contribution in [-0.2, 0) is 18.3 Å². The molecule has 1 amide bonds. The van der Waals surface area contributed by atoms with Crippen molar-refractivity contribution in [2.75, 3.05) is 5.73 Å². The summed E-state index contributed by atoms with van der Waals surface area (Å²) in [5.74, 6) is 3.08. The van der Waals surface area contributed by atoms with E-state index in [1.54, 1.807) is 0 Å². The summed E-state index contributed by atoms with van der Waals surface area (Å²) in [7, 11) is 0. The molecule has 7 N–H and O–H groups in total. The second kappa shape index (κ2) is 6.01. The SMILES string of the molecule is NC(=O)c1c(N)sc2c1CCC1(CCc3ccccc31)C2=O.NO. The Bertz CT molecular complexity index is 830. The highest BCUT2D eigenvalue weighted by molar-refractivity contribution is 7.18. The van der Waals surface area contributed by atoms with Gasteiger partial charge in [0.2, 0.25) is 0 Å². The molecule has 4 rings (SSSR count). The van der Waals surface area contributed by atoms with Crippen molar-refractivity contribution in [1.82, 2.24) is 0 Å². The summed E-state index contributed by atoms with van der Waals surface area (Å²) in [6.07, 6.45) is 3.18. The Labute approximate surface area is 143 Å². The van der Waals surface area contributed by atoms with Crippen LogP contribution in [0.1, 0.15) is 49.6 Å². The van der Waals surface area contributed by atoms with E-state index in [1.807, 2.05) is 12.1 Å². The molecule has 126 valence electrons. The van der Waals surface area contributed by atoms with Gasteiger partial charge in [0.1, 0.15) is 0 Å². The van der Waals surface area contributed by atoms with Crippen LogP contribution < -0.4 is 17.4 Å². The molecule has 2 aromatic rings. The van der Waals surface area contributed by atoms with Crippen LogP contribution in [0.4, 0.5) is 5.00 Å². The van der Waals surface area contributed by atoms with E-state index in [9.17, 15) is 9.59 Å². The highest BCUT2D eigenvalue weighted by Gasteiger charge is 2.49. The molecule has 1 heterocycles. The zero-order valence-corrected chi connectivity index (χ0v) is 13.9. The zero-order chi connectivity index (χ0) is 17.5. The molecule has 2 aliphatic rings. The molecule has 1 aromatic heterocycles. The number of primary amides is 1. The van der Waals surface area contributed by atoms with Crippen LogP contribution in [0.25, 0.3) is 0 Å². The fourth-order valence-electron chi connectivity index (χ4n) is 4.03. The number of fused-ring (bicyclic) bond motifs is 3. The van der Waals surface area contributed by atoms with E-state index in [-0.39, 0.29) is 5.78 Å². The van der Waals surface area contributed by atoms with Crippen molar-refractivity contribution in [1.29, 1.82) is 0 Å². The maximum atomic E-state index is 13.2. The van der Waals surface area contributed by atoms with Gasteiger partial charge in [0.15, 0.2) is 5.78 Å². The summed E-state index contributed by atoms with van der Waals surface area (Å²) in [5.41, 5.74) is 14.5. The monoisotopic (exact) mass is 345 g/mol. The fraction of sp³-hybridized carbons (Fsp3) is 0.294. The summed E-state index contributed by atoms with van der Waals surface area (Å²) in [6.45, 7) is 0. The number of amides is 1. The minimum absolute atomic E-state index is 0.114. The molecule has 1 unspecified atom stereocenters. The molecule has 24 heavy (non-hydrogen) atoms. The highest BCUT2D eigenvalue weighted by atomic mass is 32.1. The summed E-state index contributed by atoms with van der Waals surface area (Å²) < 4.78 is 0. The maximum Gasteiger partial charge on any atom is 0.251 e. The second-order valence-electron chi connectivity index (χ2n) is 6.08. The lowest BCUT2D eigenvalue weighted by molar-refractivity contribution is 0.0865. The topological polar surface area (TPSA) is 132 Å². The van der Waals surface area contributed by atoms with Gasteiger partial charge in [0.25, 0.3) is 5.91 Å². The largest absolute Gasteiger partial charge is 0.390 e. The molecule has 1 aromatic carbocycles. The van der Waals surface area contributed by atoms with Crippen molar-refractivity contribution >= 4 is 28.0 Å². The van der Waals surface area contributed by atoms with Gasteiger partial charge in [0.05, 0.1) is 20.9 Å². The van der Waals surface area contributed by atoms with E-state index < -0.39 is 11.3 Å². The van der Waals surface area contributed by atoms with E-state index in [0.717, 1.165) is 30.4 Å². The molecule has 0 bridgehead atoms. The Morgan fingerprint density at radius 2 is 1.83 bits per heavy atom. The summed E-state index contributed by atoms with van der Waals surface area (Å²) >= 11 is 1.22. The number of aryl methyl sites for hydroxylation is 1. The van der Waals surface area contributed by atoms with Crippen molar-refractivity contribution < 1.29 is 14.8 Å². The Morgan fingerprint density at radius 3 is 2.54 bits per heavy atom. The quantitative estimate of drug-likeness (QED) is 0.585. The second-order valence-corrected chi connectivity index (χ2v) is 7.13. The number of Topliss-reactive ketones (excluding diaryl/α,β-unsaturated/α-hetero) is 1. The minimum atomic E-state index is -0.537. The van der Waals surface area contributed by atoms with E-state index in [1.165, 1.54) is 16.9 Å². The lowest BCUT2D eigenvalue weighted by Gasteiger charge is -2.32. The Kier molecular flexibility index (Phi) is 4.16. The number of benzene rings is 1. The van der Waals surface area contributed by atoms with Crippen LogP contribution in [0.5, 0.6) is 0 Å². The third-order valence-electron chi connectivity index (χ3n) is 5.08. The Morgan fingerprint density at radius 1 is 1.17 bits per heavy atom. The van der Waals surface area contributed by atoms with Crippen LogP contribution in [0.15, 0.2) is 24.3 Å². The molecule has 0 fully saturated rings. The summed E-state index contributed by atoms with van der Waals surface area (Å²) in [6, 6.07) is 8.18. The lowest BCUT2D eigenvalue weighted by Crippen LogP contribution is -2.38. The van der Waals surface area contributed by atoms with Gasteiger partial charge in [-0.25, -0.2) is 5.90 Å². The van der Waals surface area contributed by atoms with Crippen LogP contribution in [0.3, 0.4) is 0 Å².